The van der Waals surface area contributed by atoms with Crippen LogP contribution in [-0.4, -0.2) is 35.5 Å². The molecule has 0 radical (unpaired) electrons. The molecular weight excluding hydrogens is 316 g/mol. The SMILES string of the molecule is CN(C)[C@@H](CNc1ncnc2sccc12)c1ccccc1Cl. The Balaban J connectivity index is 1.84. The highest BCUT2D eigenvalue weighted by molar-refractivity contribution is 7.16. The summed E-state index contributed by atoms with van der Waals surface area (Å²) in [5, 5.41) is 7.31. The largest absolute Gasteiger partial charge is 0.368 e. The quantitative estimate of drug-likeness (QED) is 0.765. The summed E-state index contributed by atoms with van der Waals surface area (Å²) in [4.78, 5) is 11.8. The molecule has 3 aromatic rings. The van der Waals surface area contributed by atoms with Crippen LogP contribution in [0.3, 0.4) is 0 Å². The lowest BCUT2D eigenvalue weighted by molar-refractivity contribution is 0.312. The molecule has 2 heterocycles. The molecule has 0 spiro atoms. The zero-order chi connectivity index (χ0) is 15.5. The number of hydrogen-bond donors (Lipinski definition) is 1. The smallest absolute Gasteiger partial charge is 0.138 e. The Morgan fingerprint density at radius 3 is 2.82 bits per heavy atom. The van der Waals surface area contributed by atoms with Gasteiger partial charge in [0.05, 0.1) is 11.4 Å². The first kappa shape index (κ1) is 15.2. The van der Waals surface area contributed by atoms with Gasteiger partial charge in [-0.25, -0.2) is 9.97 Å². The van der Waals surface area contributed by atoms with Crippen molar-refractivity contribution in [3.63, 3.8) is 0 Å². The first-order valence-corrected chi connectivity index (χ1v) is 8.25. The van der Waals surface area contributed by atoms with E-state index in [1.807, 2.05) is 29.6 Å². The second kappa shape index (κ2) is 6.60. The minimum absolute atomic E-state index is 0.164. The van der Waals surface area contributed by atoms with Crippen molar-refractivity contribution in [2.75, 3.05) is 26.0 Å². The normalized spacial score (nSPS) is 12.7. The summed E-state index contributed by atoms with van der Waals surface area (Å²) in [7, 11) is 4.10. The Morgan fingerprint density at radius 1 is 1.23 bits per heavy atom. The van der Waals surface area contributed by atoms with E-state index in [1.165, 1.54) is 0 Å². The van der Waals surface area contributed by atoms with Crippen LogP contribution in [0.2, 0.25) is 5.02 Å². The van der Waals surface area contributed by atoms with Gasteiger partial charge in [-0.3, -0.25) is 0 Å². The van der Waals surface area contributed by atoms with Gasteiger partial charge in [-0.05, 0) is 37.2 Å². The number of nitrogens with one attached hydrogen (secondary N) is 1. The summed E-state index contributed by atoms with van der Waals surface area (Å²) in [6.45, 7) is 0.721. The molecule has 0 fully saturated rings. The number of nitrogens with zero attached hydrogens (tertiary/aromatic N) is 3. The fourth-order valence-corrected chi connectivity index (χ4v) is 3.43. The Bertz CT molecular complexity index is 771. The Hall–Kier alpha value is -1.69. The third kappa shape index (κ3) is 3.06. The van der Waals surface area contributed by atoms with Crippen molar-refractivity contribution in [3.05, 3.63) is 52.6 Å². The van der Waals surface area contributed by atoms with E-state index in [9.17, 15) is 0 Å². The maximum Gasteiger partial charge on any atom is 0.138 e. The van der Waals surface area contributed by atoms with Gasteiger partial charge in [0.2, 0.25) is 0 Å². The first-order valence-electron chi connectivity index (χ1n) is 6.99. The molecule has 6 heteroatoms. The predicted octanol–water partition coefficient (Wildman–Crippen LogP) is 4.06. The number of anilines is 1. The van der Waals surface area contributed by atoms with Gasteiger partial charge >= 0.3 is 0 Å². The molecule has 0 bridgehead atoms. The molecule has 1 N–H and O–H groups in total. The summed E-state index contributed by atoms with van der Waals surface area (Å²) in [6.07, 6.45) is 1.60. The summed E-state index contributed by atoms with van der Waals surface area (Å²) in [6, 6.07) is 10.2. The van der Waals surface area contributed by atoms with E-state index in [4.69, 9.17) is 11.6 Å². The molecule has 1 aromatic carbocycles. The minimum Gasteiger partial charge on any atom is -0.368 e. The highest BCUT2D eigenvalue weighted by atomic mass is 35.5. The number of rotatable bonds is 5. The predicted molar refractivity (Wildman–Crippen MR) is 93.8 cm³/mol. The maximum absolute atomic E-state index is 6.34. The second-order valence-electron chi connectivity index (χ2n) is 5.24. The lowest BCUT2D eigenvalue weighted by atomic mass is 10.1. The molecule has 0 aliphatic carbocycles. The van der Waals surface area contributed by atoms with Gasteiger partial charge in [-0.2, -0.15) is 0 Å². The van der Waals surface area contributed by atoms with E-state index < -0.39 is 0 Å². The van der Waals surface area contributed by atoms with E-state index >= 15 is 0 Å². The molecule has 0 saturated carbocycles. The molecule has 3 rings (SSSR count). The van der Waals surface area contributed by atoms with Crippen LogP contribution in [0.15, 0.2) is 42.0 Å². The van der Waals surface area contributed by atoms with Crippen LogP contribution in [0.1, 0.15) is 11.6 Å². The summed E-state index contributed by atoms with van der Waals surface area (Å²) in [5.74, 6) is 0.866. The number of likely N-dealkylation sites (N-methyl/N-ethyl adjacent to an activating group) is 1. The highest BCUT2D eigenvalue weighted by Gasteiger charge is 2.17. The molecule has 0 saturated heterocycles. The summed E-state index contributed by atoms with van der Waals surface area (Å²) >= 11 is 7.96. The van der Waals surface area contributed by atoms with Crippen LogP contribution < -0.4 is 5.32 Å². The number of aromatic nitrogens is 2. The lowest BCUT2D eigenvalue weighted by Gasteiger charge is -2.26. The van der Waals surface area contributed by atoms with Crippen molar-refractivity contribution in [2.24, 2.45) is 0 Å². The topological polar surface area (TPSA) is 41.0 Å². The molecule has 0 aliphatic heterocycles. The van der Waals surface area contributed by atoms with E-state index in [0.717, 1.165) is 33.2 Å². The highest BCUT2D eigenvalue weighted by Crippen LogP contribution is 2.28. The number of fused-ring (bicyclic) bond motifs is 1. The van der Waals surface area contributed by atoms with Crippen LogP contribution in [0, 0.1) is 0 Å². The van der Waals surface area contributed by atoms with Crippen LogP contribution >= 0.6 is 22.9 Å². The van der Waals surface area contributed by atoms with Crippen molar-refractivity contribution >= 4 is 39.0 Å². The average Bonchev–Trinajstić information content (AvgIpc) is 2.98. The Labute approximate surface area is 138 Å². The number of benzene rings is 1. The van der Waals surface area contributed by atoms with E-state index in [0.29, 0.717) is 0 Å². The number of thiophene rings is 1. The fourth-order valence-electron chi connectivity index (χ4n) is 2.44. The van der Waals surface area contributed by atoms with Crippen molar-refractivity contribution < 1.29 is 0 Å². The third-order valence-electron chi connectivity index (χ3n) is 3.61. The van der Waals surface area contributed by atoms with Gasteiger partial charge in [-0.1, -0.05) is 29.8 Å². The van der Waals surface area contributed by atoms with Crippen LogP contribution in [-0.2, 0) is 0 Å². The molecule has 0 aliphatic rings. The fraction of sp³-hybridized carbons (Fsp3) is 0.250. The van der Waals surface area contributed by atoms with Gasteiger partial charge in [0, 0.05) is 11.6 Å². The Morgan fingerprint density at radius 2 is 2.05 bits per heavy atom. The molecular formula is C16H17ClN4S. The standard InChI is InChI=1S/C16H17ClN4S/c1-21(2)14(11-5-3-4-6-13(11)17)9-18-15-12-7-8-22-16(12)20-10-19-15/h3-8,10,14H,9H2,1-2H3,(H,18,19,20)/t14-/m0/s1. The van der Waals surface area contributed by atoms with Gasteiger partial charge in [0.25, 0.3) is 0 Å². The van der Waals surface area contributed by atoms with Crippen molar-refractivity contribution in [1.82, 2.24) is 14.9 Å². The van der Waals surface area contributed by atoms with E-state index in [-0.39, 0.29) is 6.04 Å². The summed E-state index contributed by atoms with van der Waals surface area (Å²) in [5.41, 5.74) is 1.11. The average molecular weight is 333 g/mol. The Kier molecular flexibility index (Phi) is 4.57. The number of halogens is 1. The van der Waals surface area contributed by atoms with Crippen molar-refractivity contribution in [3.8, 4) is 0 Å². The van der Waals surface area contributed by atoms with Crippen molar-refractivity contribution in [2.45, 2.75) is 6.04 Å². The monoisotopic (exact) mass is 332 g/mol. The van der Waals surface area contributed by atoms with Crippen LogP contribution in [0.25, 0.3) is 10.2 Å². The molecule has 114 valence electrons. The van der Waals surface area contributed by atoms with Gasteiger partial charge in [0.15, 0.2) is 0 Å². The zero-order valence-electron chi connectivity index (χ0n) is 12.5. The van der Waals surface area contributed by atoms with E-state index in [2.05, 4.69) is 40.3 Å². The number of hydrogen-bond acceptors (Lipinski definition) is 5. The molecule has 1 atom stereocenters. The van der Waals surface area contributed by atoms with Gasteiger partial charge in [-0.15, -0.1) is 11.3 Å². The molecule has 22 heavy (non-hydrogen) atoms. The van der Waals surface area contributed by atoms with Crippen molar-refractivity contribution in [1.29, 1.82) is 0 Å². The maximum atomic E-state index is 6.34. The molecule has 2 aromatic heterocycles. The zero-order valence-corrected chi connectivity index (χ0v) is 14.0. The van der Waals surface area contributed by atoms with E-state index in [1.54, 1.807) is 17.7 Å². The van der Waals surface area contributed by atoms with Crippen LogP contribution in [0.4, 0.5) is 5.82 Å². The van der Waals surface area contributed by atoms with Gasteiger partial charge in [0.1, 0.15) is 17.0 Å². The second-order valence-corrected chi connectivity index (χ2v) is 6.55. The van der Waals surface area contributed by atoms with Gasteiger partial charge < -0.3 is 10.2 Å². The summed E-state index contributed by atoms with van der Waals surface area (Å²) < 4.78 is 0. The third-order valence-corrected chi connectivity index (χ3v) is 4.78. The molecule has 0 unspecified atom stereocenters. The lowest BCUT2D eigenvalue weighted by Crippen LogP contribution is -2.27. The first-order chi connectivity index (χ1) is 10.7. The van der Waals surface area contributed by atoms with Crippen LogP contribution in [0.5, 0.6) is 0 Å². The molecule has 4 nitrogen and oxygen atoms in total. The molecule has 0 amide bonds. The minimum atomic E-state index is 0.164.